The molecule has 0 atom stereocenters. The molecule has 1 saturated carbocycles. The molecule has 0 unspecified atom stereocenters. The van der Waals surface area contributed by atoms with Crippen molar-refractivity contribution in [2.45, 2.75) is 64.0 Å². The number of rotatable bonds is 5. The van der Waals surface area contributed by atoms with Crippen molar-refractivity contribution in [1.29, 1.82) is 0 Å². The second-order valence-electron chi connectivity index (χ2n) is 11.4. The number of benzene rings is 3. The molecule has 6 heteroatoms. The molecule has 42 heavy (non-hydrogen) atoms. The van der Waals surface area contributed by atoms with E-state index in [0.29, 0.717) is 31.2 Å². The fourth-order valence-electron chi connectivity index (χ4n) is 6.35. The average molecular weight is 562 g/mol. The van der Waals surface area contributed by atoms with Crippen LogP contribution in [-0.4, -0.2) is 29.5 Å². The van der Waals surface area contributed by atoms with Gasteiger partial charge in [-0.3, -0.25) is 9.59 Å². The molecular weight excluding hydrogens is 522 g/mol. The number of carbonyl (C=O) groups excluding carboxylic acids is 2. The van der Waals surface area contributed by atoms with Crippen LogP contribution in [0.15, 0.2) is 84.9 Å². The summed E-state index contributed by atoms with van der Waals surface area (Å²) in [5, 5.41) is 7.30. The topological polar surface area (TPSA) is 72.4 Å². The highest BCUT2D eigenvalue weighted by molar-refractivity contribution is 6.01. The van der Waals surface area contributed by atoms with Gasteiger partial charge >= 0.3 is 0 Å². The molecule has 1 aromatic heterocycles. The number of ether oxygens (including phenoxy) is 1. The van der Waals surface area contributed by atoms with E-state index in [1.165, 1.54) is 24.8 Å². The largest absolute Gasteiger partial charge is 0.489 e. The van der Waals surface area contributed by atoms with Crippen LogP contribution in [0.3, 0.4) is 0 Å². The molecule has 0 saturated heterocycles. The normalized spacial score (nSPS) is 17.0. The molecule has 216 valence electrons. The molecule has 2 heterocycles. The molecule has 3 aromatic carbocycles. The van der Waals surface area contributed by atoms with Crippen molar-refractivity contribution in [1.82, 2.24) is 15.2 Å². The zero-order chi connectivity index (χ0) is 28.7. The maximum atomic E-state index is 13.3. The van der Waals surface area contributed by atoms with E-state index in [2.05, 4.69) is 57.7 Å². The molecule has 2 aliphatic rings. The predicted molar refractivity (Wildman–Crippen MR) is 168 cm³/mol. The van der Waals surface area contributed by atoms with E-state index in [-0.39, 0.29) is 18.4 Å². The van der Waals surface area contributed by atoms with Gasteiger partial charge in [-0.25, -0.2) is 0 Å². The Labute approximate surface area is 247 Å². The number of hydrogen-bond donors (Lipinski definition) is 2. The Morgan fingerprint density at radius 1 is 0.786 bits per heavy atom. The van der Waals surface area contributed by atoms with Gasteiger partial charge < -0.3 is 19.9 Å². The van der Waals surface area contributed by atoms with Crippen molar-refractivity contribution in [3.05, 3.63) is 102 Å². The first-order valence-electron chi connectivity index (χ1n) is 15.3. The van der Waals surface area contributed by atoms with Crippen molar-refractivity contribution < 1.29 is 14.3 Å². The van der Waals surface area contributed by atoms with E-state index >= 15 is 0 Å². The number of nitrogens with one attached hydrogen (secondary N) is 2. The third-order valence-corrected chi connectivity index (χ3v) is 8.45. The van der Waals surface area contributed by atoms with Gasteiger partial charge in [-0.2, -0.15) is 0 Å². The van der Waals surface area contributed by atoms with Crippen molar-refractivity contribution in [3.8, 4) is 17.0 Å². The number of hydrogen-bond acceptors (Lipinski definition) is 3. The van der Waals surface area contributed by atoms with Gasteiger partial charge in [0.05, 0.1) is 11.2 Å². The third-order valence-electron chi connectivity index (χ3n) is 8.45. The molecule has 6 rings (SSSR count). The van der Waals surface area contributed by atoms with Gasteiger partial charge in [0.15, 0.2) is 0 Å². The van der Waals surface area contributed by atoms with Crippen LogP contribution in [0.1, 0.15) is 72.3 Å². The monoisotopic (exact) mass is 561 g/mol. The van der Waals surface area contributed by atoms with Gasteiger partial charge in [0.2, 0.25) is 5.91 Å². The summed E-state index contributed by atoms with van der Waals surface area (Å²) in [5.41, 5.74) is 6.10. The van der Waals surface area contributed by atoms with E-state index < -0.39 is 0 Å². The Morgan fingerprint density at radius 2 is 1.50 bits per heavy atom. The first-order valence-corrected chi connectivity index (χ1v) is 15.3. The van der Waals surface area contributed by atoms with Crippen LogP contribution in [0, 0.1) is 0 Å². The summed E-state index contributed by atoms with van der Waals surface area (Å²) in [5.74, 6) is 1.10. The van der Waals surface area contributed by atoms with Crippen LogP contribution < -0.4 is 15.4 Å². The zero-order valence-corrected chi connectivity index (χ0v) is 24.1. The molecule has 1 aliphatic carbocycles. The molecule has 4 aromatic rings. The fraction of sp³-hybridized carbons (Fsp3) is 0.333. The van der Waals surface area contributed by atoms with E-state index in [0.717, 1.165) is 59.2 Å². The van der Waals surface area contributed by atoms with Gasteiger partial charge in [-0.15, -0.1) is 0 Å². The Balaban J connectivity index is 1.44. The van der Waals surface area contributed by atoms with E-state index in [1.54, 1.807) is 0 Å². The van der Waals surface area contributed by atoms with Crippen LogP contribution in [0.25, 0.3) is 22.2 Å². The van der Waals surface area contributed by atoms with Gasteiger partial charge in [-0.05, 0) is 84.7 Å². The lowest BCUT2D eigenvalue weighted by Gasteiger charge is -2.24. The first kappa shape index (κ1) is 27.8. The van der Waals surface area contributed by atoms with Crippen LogP contribution in [0.4, 0.5) is 0 Å². The number of fused-ring (bicyclic) bond motifs is 1. The minimum Gasteiger partial charge on any atom is -0.489 e. The second kappa shape index (κ2) is 13.1. The van der Waals surface area contributed by atoms with Crippen molar-refractivity contribution in [3.63, 3.8) is 0 Å². The number of amides is 2. The molecule has 2 amide bonds. The van der Waals surface area contributed by atoms with Crippen molar-refractivity contribution >= 4 is 22.7 Å². The average Bonchev–Trinajstić information content (AvgIpc) is 3.35. The van der Waals surface area contributed by atoms with Crippen LogP contribution in [0.2, 0.25) is 0 Å². The maximum Gasteiger partial charge on any atom is 0.251 e. The molecule has 0 radical (unpaired) electrons. The molecule has 0 spiro atoms. The lowest BCUT2D eigenvalue weighted by Crippen LogP contribution is -2.28. The summed E-state index contributed by atoms with van der Waals surface area (Å²) < 4.78 is 8.23. The summed E-state index contributed by atoms with van der Waals surface area (Å²) in [6.07, 6.45) is 11.6. The summed E-state index contributed by atoms with van der Waals surface area (Å²) in [7, 11) is 0. The standard InChI is InChI=1S/C36H39N3O3/c40-33-24-39-32-23-29(36(41)38-22-10-2-1-9-21-37-33)17-20-31(32)34(27-13-7-4-8-14-27)35(39)28-15-18-30(19-16-28)42-25-26-11-5-3-6-12-26/h1-3,5-6,11-12,15-20,23,27H,4,7-10,13-14,21-22,24-25H2,(H,37,40)(H,38,41). The van der Waals surface area contributed by atoms with Gasteiger partial charge in [-0.1, -0.05) is 67.8 Å². The van der Waals surface area contributed by atoms with Gasteiger partial charge in [0, 0.05) is 24.0 Å². The van der Waals surface area contributed by atoms with Crippen molar-refractivity contribution in [2.24, 2.45) is 0 Å². The number of carbonyl (C=O) groups is 2. The first-order chi connectivity index (χ1) is 20.7. The van der Waals surface area contributed by atoms with Gasteiger partial charge in [0.1, 0.15) is 18.9 Å². The SMILES string of the molecule is O=C1Cn2c(-c3ccc(OCc4ccccc4)cc3)c(C3CCCCC3)c3ccc(cc32)C(=O)NCCC=CCCN1. The predicted octanol–water partition coefficient (Wildman–Crippen LogP) is 7.13. The fourth-order valence-corrected chi connectivity index (χ4v) is 6.35. The Hall–Kier alpha value is -4.32. The van der Waals surface area contributed by atoms with Gasteiger partial charge in [0.25, 0.3) is 5.91 Å². The smallest absolute Gasteiger partial charge is 0.251 e. The quantitative estimate of drug-likeness (QED) is 0.255. The van der Waals surface area contributed by atoms with Crippen LogP contribution in [-0.2, 0) is 17.9 Å². The Morgan fingerprint density at radius 3 is 2.26 bits per heavy atom. The van der Waals surface area contributed by atoms with E-state index in [1.807, 2.05) is 42.5 Å². The summed E-state index contributed by atoms with van der Waals surface area (Å²) >= 11 is 0. The lowest BCUT2D eigenvalue weighted by atomic mass is 9.81. The Bertz CT molecular complexity index is 1560. The zero-order valence-electron chi connectivity index (χ0n) is 24.1. The molecular formula is C36H39N3O3. The minimum absolute atomic E-state index is 0.0238. The van der Waals surface area contributed by atoms with Crippen molar-refractivity contribution in [2.75, 3.05) is 13.1 Å². The Kier molecular flexibility index (Phi) is 8.69. The van der Waals surface area contributed by atoms with Crippen LogP contribution >= 0.6 is 0 Å². The summed E-state index contributed by atoms with van der Waals surface area (Å²) in [4.78, 5) is 26.4. The lowest BCUT2D eigenvalue weighted by molar-refractivity contribution is -0.121. The van der Waals surface area contributed by atoms with E-state index in [9.17, 15) is 9.59 Å². The third kappa shape index (κ3) is 6.28. The number of aromatic nitrogens is 1. The molecule has 1 fully saturated rings. The highest BCUT2D eigenvalue weighted by Crippen LogP contribution is 2.44. The second-order valence-corrected chi connectivity index (χ2v) is 11.4. The minimum atomic E-state index is -0.0851. The molecule has 2 N–H and O–H groups in total. The highest BCUT2D eigenvalue weighted by atomic mass is 16.5. The molecule has 2 bridgehead atoms. The summed E-state index contributed by atoms with van der Waals surface area (Å²) in [6, 6.07) is 24.4. The maximum absolute atomic E-state index is 13.3. The molecule has 6 nitrogen and oxygen atoms in total. The highest BCUT2D eigenvalue weighted by Gasteiger charge is 2.28. The van der Waals surface area contributed by atoms with E-state index in [4.69, 9.17) is 4.74 Å². The molecule has 1 aliphatic heterocycles. The number of nitrogens with zero attached hydrogens (tertiary/aromatic N) is 1. The van der Waals surface area contributed by atoms with Crippen LogP contribution in [0.5, 0.6) is 5.75 Å². The summed E-state index contributed by atoms with van der Waals surface area (Å²) in [6.45, 7) is 1.87.